The van der Waals surface area contributed by atoms with Crippen LogP contribution in [0.5, 0.6) is 0 Å². The minimum atomic E-state index is -0.605. The van der Waals surface area contributed by atoms with Crippen molar-refractivity contribution >= 4 is 29.0 Å². The molecule has 0 aliphatic rings. The Morgan fingerprint density at radius 2 is 2.00 bits per heavy atom. The molecule has 1 aromatic carbocycles. The first-order valence-corrected chi connectivity index (χ1v) is 7.46. The lowest BCUT2D eigenvalue weighted by atomic mass is 10.1. The standard InChI is InChI=1S/C15H15Cl2FN2O/c1-3-11-15(17)12(20(4-2)19-11)8-13(21)9-6-5-7-10(18)14(9)16/h5-7H,3-4,8H2,1-2H3. The van der Waals surface area contributed by atoms with Crippen molar-refractivity contribution in [1.82, 2.24) is 9.78 Å². The molecule has 0 saturated carbocycles. The van der Waals surface area contributed by atoms with E-state index in [2.05, 4.69) is 5.10 Å². The molecule has 1 aromatic heterocycles. The summed E-state index contributed by atoms with van der Waals surface area (Å²) >= 11 is 12.1. The van der Waals surface area contributed by atoms with Gasteiger partial charge < -0.3 is 0 Å². The molecular weight excluding hydrogens is 314 g/mol. The topological polar surface area (TPSA) is 34.9 Å². The third-order valence-electron chi connectivity index (χ3n) is 3.27. The van der Waals surface area contributed by atoms with Gasteiger partial charge in [0.2, 0.25) is 0 Å². The quantitative estimate of drug-likeness (QED) is 0.765. The minimum absolute atomic E-state index is 0.0445. The Kier molecular flexibility index (Phi) is 5.01. The number of aryl methyl sites for hydroxylation is 2. The number of Topliss-reactive ketones (excluding diaryl/α,β-unsaturated/α-hetero) is 1. The molecule has 21 heavy (non-hydrogen) atoms. The molecule has 0 fully saturated rings. The monoisotopic (exact) mass is 328 g/mol. The summed E-state index contributed by atoms with van der Waals surface area (Å²) in [5, 5.41) is 4.70. The fraction of sp³-hybridized carbons (Fsp3) is 0.333. The summed E-state index contributed by atoms with van der Waals surface area (Å²) in [7, 11) is 0. The molecule has 0 atom stereocenters. The zero-order valence-electron chi connectivity index (χ0n) is 11.8. The van der Waals surface area contributed by atoms with E-state index in [1.807, 2.05) is 13.8 Å². The summed E-state index contributed by atoms with van der Waals surface area (Å²) in [6, 6.07) is 4.19. The van der Waals surface area contributed by atoms with Crippen molar-refractivity contribution < 1.29 is 9.18 Å². The second-order valence-electron chi connectivity index (χ2n) is 4.58. The van der Waals surface area contributed by atoms with E-state index in [4.69, 9.17) is 23.2 Å². The third-order valence-corrected chi connectivity index (χ3v) is 4.09. The molecule has 3 nitrogen and oxygen atoms in total. The molecule has 1 heterocycles. The van der Waals surface area contributed by atoms with Crippen LogP contribution in [0, 0.1) is 5.82 Å². The van der Waals surface area contributed by atoms with Gasteiger partial charge in [-0.15, -0.1) is 0 Å². The van der Waals surface area contributed by atoms with Gasteiger partial charge >= 0.3 is 0 Å². The van der Waals surface area contributed by atoms with Crippen LogP contribution in [-0.4, -0.2) is 15.6 Å². The van der Waals surface area contributed by atoms with Crippen LogP contribution in [0.2, 0.25) is 10.0 Å². The van der Waals surface area contributed by atoms with E-state index in [-0.39, 0.29) is 22.8 Å². The molecule has 2 aromatic rings. The van der Waals surface area contributed by atoms with E-state index in [9.17, 15) is 9.18 Å². The van der Waals surface area contributed by atoms with Crippen LogP contribution in [-0.2, 0) is 19.4 Å². The SMILES string of the molecule is CCc1nn(CC)c(CC(=O)c2cccc(F)c2Cl)c1Cl. The molecule has 6 heteroatoms. The summed E-state index contributed by atoms with van der Waals surface area (Å²) in [4.78, 5) is 12.4. The van der Waals surface area contributed by atoms with Crippen LogP contribution in [0.25, 0.3) is 0 Å². The summed E-state index contributed by atoms with van der Waals surface area (Å²) in [5.74, 6) is -0.884. The Hall–Kier alpha value is -1.39. The first kappa shape index (κ1) is 16.0. The number of ketones is 1. The largest absolute Gasteiger partial charge is 0.294 e. The maximum atomic E-state index is 13.4. The first-order valence-electron chi connectivity index (χ1n) is 6.70. The zero-order chi connectivity index (χ0) is 15.6. The molecule has 0 spiro atoms. The Morgan fingerprint density at radius 1 is 1.29 bits per heavy atom. The number of nitrogens with zero attached hydrogens (tertiary/aromatic N) is 2. The first-order chi connectivity index (χ1) is 9.99. The van der Waals surface area contributed by atoms with E-state index >= 15 is 0 Å². The van der Waals surface area contributed by atoms with Gasteiger partial charge in [-0.2, -0.15) is 5.10 Å². The number of benzene rings is 1. The van der Waals surface area contributed by atoms with Crippen LogP contribution in [0.4, 0.5) is 4.39 Å². The number of halogens is 3. The molecule has 0 saturated heterocycles. The molecule has 0 N–H and O–H groups in total. The van der Waals surface area contributed by atoms with E-state index in [0.29, 0.717) is 23.7 Å². The van der Waals surface area contributed by atoms with Crippen molar-refractivity contribution in [2.45, 2.75) is 33.2 Å². The van der Waals surface area contributed by atoms with Gasteiger partial charge in [0.1, 0.15) is 5.82 Å². The smallest absolute Gasteiger partial charge is 0.170 e. The van der Waals surface area contributed by atoms with Gasteiger partial charge in [-0.3, -0.25) is 9.48 Å². The molecule has 0 aliphatic heterocycles. The Balaban J connectivity index is 2.36. The lowest BCUT2D eigenvalue weighted by Gasteiger charge is -2.07. The lowest BCUT2D eigenvalue weighted by Crippen LogP contribution is -2.11. The number of rotatable bonds is 5. The number of carbonyl (C=O) groups is 1. The molecule has 0 bridgehead atoms. The predicted octanol–water partition coefficient (Wildman–Crippen LogP) is 4.34. The van der Waals surface area contributed by atoms with Crippen LogP contribution in [0.3, 0.4) is 0 Å². The van der Waals surface area contributed by atoms with Gasteiger partial charge in [0.05, 0.1) is 27.9 Å². The molecule has 2 rings (SSSR count). The van der Waals surface area contributed by atoms with Gasteiger partial charge in [0, 0.05) is 12.1 Å². The lowest BCUT2D eigenvalue weighted by molar-refractivity contribution is 0.0990. The number of hydrogen-bond donors (Lipinski definition) is 0. The number of carbonyl (C=O) groups excluding carboxylic acids is 1. The average Bonchev–Trinajstić information content (AvgIpc) is 2.78. The van der Waals surface area contributed by atoms with E-state index in [0.717, 1.165) is 5.69 Å². The summed E-state index contributed by atoms with van der Waals surface area (Å²) in [5.41, 5.74) is 1.56. The highest BCUT2D eigenvalue weighted by molar-refractivity contribution is 6.34. The van der Waals surface area contributed by atoms with Gasteiger partial charge in [-0.05, 0) is 25.5 Å². The average molecular weight is 329 g/mol. The van der Waals surface area contributed by atoms with Gasteiger partial charge in [-0.25, -0.2) is 4.39 Å². The number of hydrogen-bond acceptors (Lipinski definition) is 2. The normalized spacial score (nSPS) is 10.9. The van der Waals surface area contributed by atoms with Gasteiger partial charge in [0.25, 0.3) is 0 Å². The Morgan fingerprint density at radius 3 is 2.62 bits per heavy atom. The second kappa shape index (κ2) is 6.58. The maximum Gasteiger partial charge on any atom is 0.170 e. The van der Waals surface area contributed by atoms with Gasteiger partial charge in [-0.1, -0.05) is 36.2 Å². The molecule has 0 unspecified atom stereocenters. The second-order valence-corrected chi connectivity index (χ2v) is 5.33. The predicted molar refractivity (Wildman–Crippen MR) is 81.7 cm³/mol. The highest BCUT2D eigenvalue weighted by atomic mass is 35.5. The van der Waals surface area contributed by atoms with Crippen LogP contribution in [0.1, 0.15) is 35.6 Å². The van der Waals surface area contributed by atoms with Crippen LogP contribution >= 0.6 is 23.2 Å². The zero-order valence-corrected chi connectivity index (χ0v) is 13.3. The number of aromatic nitrogens is 2. The highest BCUT2D eigenvalue weighted by Gasteiger charge is 2.20. The minimum Gasteiger partial charge on any atom is -0.294 e. The Labute approximate surface area is 132 Å². The van der Waals surface area contributed by atoms with E-state index in [1.165, 1.54) is 18.2 Å². The maximum absolute atomic E-state index is 13.4. The van der Waals surface area contributed by atoms with E-state index < -0.39 is 5.82 Å². The fourth-order valence-corrected chi connectivity index (χ4v) is 2.72. The fourth-order valence-electron chi connectivity index (χ4n) is 2.15. The molecule has 112 valence electrons. The molecular formula is C15H15Cl2FN2O. The summed E-state index contributed by atoms with van der Waals surface area (Å²) in [6.07, 6.45) is 0.733. The van der Waals surface area contributed by atoms with Crippen molar-refractivity contribution in [3.63, 3.8) is 0 Å². The summed E-state index contributed by atoms with van der Waals surface area (Å²) in [6.45, 7) is 4.48. The van der Waals surface area contributed by atoms with Crippen molar-refractivity contribution in [1.29, 1.82) is 0 Å². The van der Waals surface area contributed by atoms with Crippen molar-refractivity contribution in [3.05, 3.63) is 51.0 Å². The van der Waals surface area contributed by atoms with Gasteiger partial charge in [0.15, 0.2) is 5.78 Å². The Bertz CT molecular complexity index is 683. The molecule has 0 aliphatic carbocycles. The van der Waals surface area contributed by atoms with Crippen LogP contribution in [0.15, 0.2) is 18.2 Å². The van der Waals surface area contributed by atoms with Crippen molar-refractivity contribution in [3.8, 4) is 0 Å². The van der Waals surface area contributed by atoms with Crippen LogP contribution < -0.4 is 0 Å². The molecule has 0 amide bonds. The van der Waals surface area contributed by atoms with E-state index in [1.54, 1.807) is 4.68 Å². The third kappa shape index (κ3) is 3.11. The van der Waals surface area contributed by atoms with Crippen molar-refractivity contribution in [2.24, 2.45) is 0 Å². The summed E-state index contributed by atoms with van der Waals surface area (Å²) < 4.78 is 15.1. The molecule has 0 radical (unpaired) electrons. The van der Waals surface area contributed by atoms with Crippen molar-refractivity contribution in [2.75, 3.05) is 0 Å². The highest BCUT2D eigenvalue weighted by Crippen LogP contribution is 2.25.